The summed E-state index contributed by atoms with van der Waals surface area (Å²) in [6, 6.07) is 18.7. The van der Waals surface area contributed by atoms with Gasteiger partial charge in [-0.25, -0.2) is 0 Å². The molecule has 0 unspecified atom stereocenters. The lowest BCUT2D eigenvalue weighted by Gasteiger charge is -2.26. The van der Waals surface area contributed by atoms with Crippen LogP contribution in [0.4, 0.5) is 5.69 Å². The van der Waals surface area contributed by atoms with Gasteiger partial charge in [-0.2, -0.15) is 0 Å². The number of rotatable bonds is 5. The van der Waals surface area contributed by atoms with Crippen LogP contribution in [0, 0.1) is 0 Å². The van der Waals surface area contributed by atoms with Crippen LogP contribution in [0.25, 0.3) is 0 Å². The molecule has 1 fully saturated rings. The number of halogens is 1. The summed E-state index contributed by atoms with van der Waals surface area (Å²) < 4.78 is 0. The molecule has 24 heavy (non-hydrogen) atoms. The summed E-state index contributed by atoms with van der Waals surface area (Å²) in [5.74, 6) is 0. The summed E-state index contributed by atoms with van der Waals surface area (Å²) in [5.41, 5.74) is 2.32. The molecule has 1 aliphatic heterocycles. The molecule has 1 heterocycles. The van der Waals surface area contributed by atoms with Gasteiger partial charge in [0.05, 0.1) is 19.6 Å². The van der Waals surface area contributed by atoms with E-state index in [2.05, 4.69) is 41.0 Å². The molecule has 0 aromatic heterocycles. The summed E-state index contributed by atoms with van der Waals surface area (Å²) in [7, 11) is 0. The van der Waals surface area contributed by atoms with Gasteiger partial charge in [0.2, 0.25) is 0 Å². The van der Waals surface area contributed by atoms with E-state index in [9.17, 15) is 0 Å². The number of nitrogens with one attached hydrogen (secondary N) is 3. The summed E-state index contributed by atoms with van der Waals surface area (Å²) in [4.78, 5) is 1.64. The van der Waals surface area contributed by atoms with Gasteiger partial charge in [-0.05, 0) is 36.5 Å². The third kappa shape index (κ3) is 4.69. The second-order valence-corrected chi connectivity index (χ2v) is 7.02. The Morgan fingerprint density at radius 2 is 1.71 bits per heavy atom. The molecular weight excluding hydrogens is 338 g/mol. The van der Waals surface area contributed by atoms with Gasteiger partial charge < -0.3 is 15.5 Å². The molecule has 1 atom stereocenters. The van der Waals surface area contributed by atoms with Crippen molar-refractivity contribution in [2.45, 2.75) is 18.9 Å². The first-order valence-corrected chi connectivity index (χ1v) is 9.21. The molecule has 0 aliphatic carbocycles. The molecule has 1 saturated heterocycles. The predicted molar refractivity (Wildman–Crippen MR) is 105 cm³/mol. The van der Waals surface area contributed by atoms with Crippen molar-refractivity contribution < 1.29 is 4.90 Å². The molecule has 1 aliphatic rings. The van der Waals surface area contributed by atoms with Crippen LogP contribution in [0.15, 0.2) is 54.6 Å². The highest BCUT2D eigenvalue weighted by atomic mass is 35.5. The number of benzene rings is 2. The van der Waals surface area contributed by atoms with Gasteiger partial charge in [0.15, 0.2) is 5.11 Å². The van der Waals surface area contributed by atoms with Crippen LogP contribution < -0.4 is 15.5 Å². The molecule has 0 saturated carbocycles. The summed E-state index contributed by atoms with van der Waals surface area (Å²) in [6.07, 6.45) is 2.62. The van der Waals surface area contributed by atoms with E-state index in [1.807, 2.05) is 24.3 Å². The molecule has 126 valence electrons. The molecular formula is C19H23ClN3S+. The zero-order chi connectivity index (χ0) is 16.8. The summed E-state index contributed by atoms with van der Waals surface area (Å²) in [5, 5.41) is 7.98. The van der Waals surface area contributed by atoms with Crippen LogP contribution in [0.2, 0.25) is 5.02 Å². The van der Waals surface area contributed by atoms with Gasteiger partial charge in [0.1, 0.15) is 6.04 Å². The Labute approximate surface area is 154 Å². The minimum absolute atomic E-state index is 0.429. The van der Waals surface area contributed by atoms with E-state index in [4.69, 9.17) is 23.8 Å². The van der Waals surface area contributed by atoms with Crippen molar-refractivity contribution >= 4 is 34.6 Å². The molecule has 5 heteroatoms. The fraction of sp³-hybridized carbons (Fsp3) is 0.316. The fourth-order valence-corrected chi connectivity index (χ4v) is 3.59. The highest BCUT2D eigenvalue weighted by molar-refractivity contribution is 7.80. The number of thiocarbonyl (C=S) groups is 1. The number of hydrogen-bond acceptors (Lipinski definition) is 1. The van der Waals surface area contributed by atoms with E-state index in [0.717, 1.165) is 17.3 Å². The number of anilines is 1. The van der Waals surface area contributed by atoms with Gasteiger partial charge in [0.25, 0.3) is 0 Å². The zero-order valence-corrected chi connectivity index (χ0v) is 15.2. The lowest BCUT2D eigenvalue weighted by Crippen LogP contribution is -3.11. The number of quaternary nitrogens is 1. The van der Waals surface area contributed by atoms with Gasteiger partial charge >= 0.3 is 0 Å². The smallest absolute Gasteiger partial charge is 0.171 e. The van der Waals surface area contributed by atoms with E-state index in [1.54, 1.807) is 4.90 Å². The lowest BCUT2D eigenvalue weighted by molar-refractivity contribution is -0.918. The first-order chi connectivity index (χ1) is 11.7. The van der Waals surface area contributed by atoms with E-state index in [-0.39, 0.29) is 0 Å². The van der Waals surface area contributed by atoms with Crippen LogP contribution in [-0.2, 0) is 0 Å². The molecule has 3 N–H and O–H groups in total. The fourth-order valence-electron chi connectivity index (χ4n) is 3.26. The van der Waals surface area contributed by atoms with Crippen LogP contribution in [0.5, 0.6) is 0 Å². The van der Waals surface area contributed by atoms with Crippen molar-refractivity contribution in [1.29, 1.82) is 0 Å². The Morgan fingerprint density at radius 3 is 2.38 bits per heavy atom. The Bertz CT molecular complexity index is 654. The van der Waals surface area contributed by atoms with E-state index in [1.165, 1.54) is 31.5 Å². The van der Waals surface area contributed by atoms with Crippen molar-refractivity contribution in [2.24, 2.45) is 0 Å². The largest absolute Gasteiger partial charge is 0.356 e. The van der Waals surface area contributed by atoms with Crippen LogP contribution in [0.1, 0.15) is 24.4 Å². The Kier molecular flexibility index (Phi) is 6.07. The Hall–Kier alpha value is -1.62. The molecule has 3 rings (SSSR count). The standard InChI is InChI=1S/C19H22ClN3S/c20-16-8-10-17(11-9-16)22-19(24)21-14-18(23-12-4-5-13-23)15-6-2-1-3-7-15/h1-3,6-11,18H,4-5,12-14H2,(H2,21,22,24)/p+1/t18-/m1/s1. The highest BCUT2D eigenvalue weighted by Crippen LogP contribution is 2.14. The molecule has 2 aromatic carbocycles. The van der Waals surface area contributed by atoms with E-state index >= 15 is 0 Å². The molecule has 3 nitrogen and oxygen atoms in total. The summed E-state index contributed by atoms with van der Waals surface area (Å²) >= 11 is 11.4. The van der Waals surface area contributed by atoms with Crippen molar-refractivity contribution in [3.8, 4) is 0 Å². The maximum Gasteiger partial charge on any atom is 0.171 e. The normalized spacial score (nSPS) is 15.9. The van der Waals surface area contributed by atoms with E-state index in [0.29, 0.717) is 11.2 Å². The molecule has 2 aromatic rings. The second kappa shape index (κ2) is 8.47. The Balaban J connectivity index is 1.60. The number of likely N-dealkylation sites (tertiary alicyclic amines) is 1. The third-order valence-electron chi connectivity index (χ3n) is 4.51. The van der Waals surface area contributed by atoms with Crippen molar-refractivity contribution in [3.05, 3.63) is 65.2 Å². The van der Waals surface area contributed by atoms with Crippen molar-refractivity contribution in [2.75, 3.05) is 25.0 Å². The minimum Gasteiger partial charge on any atom is -0.356 e. The van der Waals surface area contributed by atoms with E-state index < -0.39 is 0 Å². The Morgan fingerprint density at radius 1 is 1.04 bits per heavy atom. The van der Waals surface area contributed by atoms with Gasteiger partial charge in [-0.1, -0.05) is 41.9 Å². The van der Waals surface area contributed by atoms with Crippen molar-refractivity contribution in [3.63, 3.8) is 0 Å². The SMILES string of the molecule is S=C(NC[C@H](c1ccccc1)[NH+]1CCCC1)Nc1ccc(Cl)cc1. The third-order valence-corrected chi connectivity index (χ3v) is 5.01. The quantitative estimate of drug-likeness (QED) is 0.716. The monoisotopic (exact) mass is 360 g/mol. The first kappa shape index (κ1) is 17.2. The average Bonchev–Trinajstić information content (AvgIpc) is 3.12. The average molecular weight is 361 g/mol. The number of hydrogen-bond donors (Lipinski definition) is 3. The van der Waals surface area contributed by atoms with Gasteiger partial charge in [-0.3, -0.25) is 0 Å². The molecule has 0 spiro atoms. The van der Waals surface area contributed by atoms with Crippen LogP contribution in [-0.4, -0.2) is 24.7 Å². The lowest BCUT2D eigenvalue weighted by atomic mass is 10.1. The maximum absolute atomic E-state index is 5.91. The van der Waals surface area contributed by atoms with Crippen LogP contribution >= 0.6 is 23.8 Å². The van der Waals surface area contributed by atoms with Crippen LogP contribution in [0.3, 0.4) is 0 Å². The first-order valence-electron chi connectivity index (χ1n) is 8.42. The molecule has 0 amide bonds. The maximum atomic E-state index is 5.91. The zero-order valence-electron chi connectivity index (χ0n) is 13.6. The van der Waals surface area contributed by atoms with Gasteiger partial charge in [0, 0.05) is 29.1 Å². The predicted octanol–water partition coefficient (Wildman–Crippen LogP) is 3.05. The molecule has 0 bridgehead atoms. The second-order valence-electron chi connectivity index (χ2n) is 6.17. The minimum atomic E-state index is 0.429. The summed E-state index contributed by atoms with van der Waals surface area (Å²) in [6.45, 7) is 3.30. The topological polar surface area (TPSA) is 28.5 Å². The highest BCUT2D eigenvalue weighted by Gasteiger charge is 2.27. The molecule has 0 radical (unpaired) electrons. The van der Waals surface area contributed by atoms with Crippen molar-refractivity contribution in [1.82, 2.24) is 5.32 Å². The van der Waals surface area contributed by atoms with Gasteiger partial charge in [-0.15, -0.1) is 0 Å².